The van der Waals surface area contributed by atoms with Crippen LogP contribution in [0.5, 0.6) is 0 Å². The Hall–Kier alpha value is -1.74. The monoisotopic (exact) mass is 355 g/mol. The van der Waals surface area contributed by atoms with Gasteiger partial charge < -0.3 is 5.32 Å². The number of benzene rings is 2. The van der Waals surface area contributed by atoms with E-state index in [0.29, 0.717) is 5.92 Å². The predicted octanol–water partition coefficient (Wildman–Crippen LogP) is 5.85. The molecule has 2 aromatic carbocycles. The second kappa shape index (κ2) is 10.3. The maximum absolute atomic E-state index is 12.9. The Morgan fingerprint density at radius 1 is 0.920 bits per heavy atom. The molecule has 0 aliphatic heterocycles. The molecule has 134 valence electrons. The molecule has 2 nitrogen and oxygen atoms in total. The molecule has 0 aliphatic rings. The lowest BCUT2D eigenvalue weighted by atomic mass is 10.0. The number of carbonyl (C=O) groups is 1. The lowest BCUT2D eigenvalue weighted by molar-refractivity contribution is -0.121. The Labute approximate surface area is 156 Å². The topological polar surface area (TPSA) is 29.1 Å². The third kappa shape index (κ3) is 6.95. The van der Waals surface area contributed by atoms with E-state index in [1.165, 1.54) is 6.42 Å². The summed E-state index contributed by atoms with van der Waals surface area (Å²) in [6.07, 6.45) is 3.39. The Balaban J connectivity index is 2.03. The molecule has 0 aromatic heterocycles. The Bertz CT molecular complexity index is 627. The second-order valence-corrected chi connectivity index (χ2v) is 8.13. The van der Waals surface area contributed by atoms with Gasteiger partial charge >= 0.3 is 0 Å². The fraction of sp³-hybridized carbons (Fsp3) is 0.409. The number of thioether (sulfide) groups is 1. The van der Waals surface area contributed by atoms with E-state index in [-0.39, 0.29) is 17.2 Å². The average molecular weight is 356 g/mol. The summed E-state index contributed by atoms with van der Waals surface area (Å²) in [7, 11) is 0. The standard InChI is InChI=1S/C22H29NOS/c1-17(2)11-10-12-18(3)23-22(24)21(19-13-6-4-7-14-19)25-20-15-8-5-9-16-20/h4-9,13-18,21H,10-12H2,1-3H3,(H,23,24)/t18-,21+/m1/s1. The Kier molecular flexibility index (Phi) is 8.07. The highest BCUT2D eigenvalue weighted by molar-refractivity contribution is 8.00. The van der Waals surface area contributed by atoms with Crippen LogP contribution in [0.4, 0.5) is 0 Å². The first-order valence-corrected chi connectivity index (χ1v) is 10.0. The molecule has 25 heavy (non-hydrogen) atoms. The summed E-state index contributed by atoms with van der Waals surface area (Å²) in [6, 6.07) is 20.4. The molecule has 2 atom stereocenters. The molecule has 2 aromatic rings. The number of carbonyl (C=O) groups excluding carboxylic acids is 1. The summed E-state index contributed by atoms with van der Waals surface area (Å²) in [4.78, 5) is 14.0. The molecule has 3 heteroatoms. The van der Waals surface area contributed by atoms with Crippen LogP contribution < -0.4 is 5.32 Å². The number of rotatable bonds is 9. The van der Waals surface area contributed by atoms with Gasteiger partial charge in [-0.25, -0.2) is 0 Å². The summed E-state index contributed by atoms with van der Waals surface area (Å²) in [6.45, 7) is 6.59. The minimum Gasteiger partial charge on any atom is -0.352 e. The lowest BCUT2D eigenvalue weighted by Gasteiger charge is -2.21. The summed E-state index contributed by atoms with van der Waals surface area (Å²) in [5.74, 6) is 0.811. The minimum atomic E-state index is -0.226. The van der Waals surface area contributed by atoms with E-state index in [9.17, 15) is 4.79 Å². The van der Waals surface area contributed by atoms with Gasteiger partial charge in [0.15, 0.2) is 0 Å². The summed E-state index contributed by atoms with van der Waals surface area (Å²) < 4.78 is 0. The van der Waals surface area contributed by atoms with Gasteiger partial charge in [0, 0.05) is 10.9 Å². The van der Waals surface area contributed by atoms with Crippen LogP contribution in [-0.2, 0) is 4.79 Å². The quantitative estimate of drug-likeness (QED) is 0.572. The van der Waals surface area contributed by atoms with Crippen molar-refractivity contribution in [1.29, 1.82) is 0 Å². The Morgan fingerprint density at radius 2 is 1.52 bits per heavy atom. The first-order chi connectivity index (χ1) is 12.1. The summed E-state index contributed by atoms with van der Waals surface area (Å²) >= 11 is 1.61. The van der Waals surface area contributed by atoms with Crippen molar-refractivity contribution >= 4 is 17.7 Å². The normalized spacial score (nSPS) is 13.4. The summed E-state index contributed by atoms with van der Waals surface area (Å²) in [5, 5.41) is 2.99. The largest absolute Gasteiger partial charge is 0.352 e. The molecular formula is C22H29NOS. The molecule has 0 heterocycles. The third-order valence-corrected chi connectivity index (χ3v) is 5.41. The molecule has 0 radical (unpaired) electrons. The first-order valence-electron chi connectivity index (χ1n) is 9.13. The van der Waals surface area contributed by atoms with Crippen LogP contribution in [-0.4, -0.2) is 11.9 Å². The van der Waals surface area contributed by atoms with Gasteiger partial charge in [0.1, 0.15) is 5.25 Å². The molecule has 0 spiro atoms. The second-order valence-electron chi connectivity index (χ2n) is 6.96. The highest BCUT2D eigenvalue weighted by atomic mass is 32.2. The van der Waals surface area contributed by atoms with E-state index in [4.69, 9.17) is 0 Å². The SMILES string of the molecule is CC(C)CCC[C@@H](C)NC(=O)[C@@H](Sc1ccccc1)c1ccccc1. The van der Waals surface area contributed by atoms with E-state index < -0.39 is 0 Å². The van der Waals surface area contributed by atoms with Crippen LogP contribution in [0.1, 0.15) is 50.8 Å². The van der Waals surface area contributed by atoms with Gasteiger partial charge in [-0.2, -0.15) is 0 Å². The fourth-order valence-corrected chi connectivity index (χ4v) is 3.81. The van der Waals surface area contributed by atoms with Crippen LogP contribution in [0.25, 0.3) is 0 Å². The molecule has 0 saturated carbocycles. The first kappa shape index (κ1) is 19.6. The van der Waals surface area contributed by atoms with E-state index in [2.05, 4.69) is 38.2 Å². The van der Waals surface area contributed by atoms with Gasteiger partial charge in [-0.3, -0.25) is 4.79 Å². The van der Waals surface area contributed by atoms with Gasteiger partial charge in [0.2, 0.25) is 5.91 Å². The summed E-state index contributed by atoms with van der Waals surface area (Å²) in [5.41, 5.74) is 1.04. The van der Waals surface area contributed by atoms with Gasteiger partial charge in [0.05, 0.1) is 0 Å². The van der Waals surface area contributed by atoms with Gasteiger partial charge in [0.25, 0.3) is 0 Å². The van der Waals surface area contributed by atoms with Crippen LogP contribution in [0.3, 0.4) is 0 Å². The molecule has 0 unspecified atom stereocenters. The zero-order chi connectivity index (χ0) is 18.1. The molecule has 1 amide bonds. The van der Waals surface area contributed by atoms with Gasteiger partial charge in [-0.1, -0.05) is 75.2 Å². The van der Waals surface area contributed by atoms with Crippen molar-refractivity contribution in [3.05, 3.63) is 66.2 Å². The molecule has 0 saturated heterocycles. The van der Waals surface area contributed by atoms with Crippen LogP contribution in [0, 0.1) is 5.92 Å². The number of hydrogen-bond donors (Lipinski definition) is 1. The van der Waals surface area contributed by atoms with E-state index >= 15 is 0 Å². The van der Waals surface area contributed by atoms with Crippen molar-refractivity contribution in [3.63, 3.8) is 0 Å². The van der Waals surface area contributed by atoms with Crippen molar-refractivity contribution in [2.75, 3.05) is 0 Å². The smallest absolute Gasteiger partial charge is 0.238 e. The van der Waals surface area contributed by atoms with Crippen LogP contribution in [0.2, 0.25) is 0 Å². The Morgan fingerprint density at radius 3 is 2.12 bits per heavy atom. The lowest BCUT2D eigenvalue weighted by Crippen LogP contribution is -2.35. The zero-order valence-corrected chi connectivity index (χ0v) is 16.3. The number of hydrogen-bond acceptors (Lipinski definition) is 2. The van der Waals surface area contributed by atoms with Crippen LogP contribution in [0.15, 0.2) is 65.6 Å². The van der Waals surface area contributed by atoms with E-state index in [1.807, 2.05) is 48.5 Å². The molecule has 2 rings (SSSR count). The highest BCUT2D eigenvalue weighted by Crippen LogP contribution is 2.35. The van der Waals surface area contributed by atoms with Crippen molar-refractivity contribution in [1.82, 2.24) is 5.32 Å². The van der Waals surface area contributed by atoms with Crippen molar-refractivity contribution in [3.8, 4) is 0 Å². The maximum atomic E-state index is 12.9. The number of amides is 1. The van der Waals surface area contributed by atoms with E-state index in [0.717, 1.165) is 23.3 Å². The van der Waals surface area contributed by atoms with Crippen molar-refractivity contribution < 1.29 is 4.79 Å². The van der Waals surface area contributed by atoms with Crippen molar-refractivity contribution in [2.45, 2.75) is 56.2 Å². The van der Waals surface area contributed by atoms with Gasteiger partial charge in [-0.15, -0.1) is 11.8 Å². The fourth-order valence-electron chi connectivity index (χ4n) is 2.76. The van der Waals surface area contributed by atoms with Crippen molar-refractivity contribution in [2.24, 2.45) is 5.92 Å². The van der Waals surface area contributed by atoms with Crippen LogP contribution >= 0.6 is 11.8 Å². The zero-order valence-electron chi connectivity index (χ0n) is 15.4. The predicted molar refractivity (Wildman–Crippen MR) is 108 cm³/mol. The minimum absolute atomic E-state index is 0.0945. The molecular weight excluding hydrogens is 326 g/mol. The number of nitrogens with one attached hydrogen (secondary N) is 1. The molecule has 0 fully saturated rings. The maximum Gasteiger partial charge on any atom is 0.238 e. The molecule has 0 bridgehead atoms. The molecule has 1 N–H and O–H groups in total. The third-order valence-electron chi connectivity index (χ3n) is 4.14. The van der Waals surface area contributed by atoms with E-state index in [1.54, 1.807) is 11.8 Å². The highest BCUT2D eigenvalue weighted by Gasteiger charge is 2.23. The molecule has 0 aliphatic carbocycles. The van der Waals surface area contributed by atoms with Gasteiger partial charge in [-0.05, 0) is 37.0 Å². The average Bonchev–Trinajstić information content (AvgIpc) is 2.61.